The Balaban J connectivity index is 2.39. The van der Waals surface area contributed by atoms with Crippen molar-refractivity contribution in [2.45, 2.75) is 54.5 Å². The zero-order chi connectivity index (χ0) is 20.8. The minimum atomic E-state index is 0.858. The van der Waals surface area contributed by atoms with Crippen molar-refractivity contribution in [3.63, 3.8) is 0 Å². The summed E-state index contributed by atoms with van der Waals surface area (Å²) in [5, 5.41) is 8.01. The third kappa shape index (κ3) is 4.84. The van der Waals surface area contributed by atoms with Gasteiger partial charge in [-0.3, -0.25) is 0 Å². The second kappa shape index (κ2) is 9.90. The molecule has 3 heteroatoms. The van der Waals surface area contributed by atoms with Gasteiger partial charge in [-0.2, -0.15) is 0 Å². The van der Waals surface area contributed by atoms with Crippen LogP contribution in [0, 0.1) is 20.8 Å². The van der Waals surface area contributed by atoms with Crippen molar-refractivity contribution >= 4 is 27.6 Å². The number of benzene rings is 1. The van der Waals surface area contributed by atoms with Gasteiger partial charge in [-0.05, 0) is 87.6 Å². The number of hydrogen-bond donors (Lipinski definition) is 2. The van der Waals surface area contributed by atoms with E-state index in [1.807, 2.05) is 18.4 Å². The maximum atomic E-state index is 4.34. The topological polar surface area (TPSA) is 24.1 Å². The molecular formula is C25H34N2S. The standard InChI is InChI=1S/C25H34N2S/c1-9-11-22(10-2)17(4)24-18(5)25(28-20(24)7)27-19(6)23-14-21(15-26-8)13-12-16(23)3/h9,11-14,26-27H,6,10,15H2,1-5,7-8H3/b11-9-,22-17-. The fourth-order valence-corrected chi connectivity index (χ4v) is 4.85. The van der Waals surface area contributed by atoms with Gasteiger partial charge in [0.25, 0.3) is 0 Å². The Morgan fingerprint density at radius 1 is 1.21 bits per heavy atom. The molecule has 0 amide bonds. The molecule has 0 aliphatic carbocycles. The van der Waals surface area contributed by atoms with Crippen LogP contribution in [0.4, 0.5) is 5.00 Å². The Labute approximate surface area is 175 Å². The SMILES string of the molecule is C=C(Nc1sc(C)c(/C(C)=C(\C=C/C)CC)c1C)c1cc(CNC)ccc1C. The first-order valence-corrected chi connectivity index (χ1v) is 10.8. The quantitative estimate of drug-likeness (QED) is 0.461. The summed E-state index contributed by atoms with van der Waals surface area (Å²) in [4.78, 5) is 1.35. The zero-order valence-corrected chi connectivity index (χ0v) is 19.2. The molecule has 0 spiro atoms. The number of aryl methyl sites for hydroxylation is 2. The third-order valence-electron chi connectivity index (χ3n) is 5.20. The molecule has 0 aliphatic heterocycles. The molecule has 2 aromatic rings. The van der Waals surface area contributed by atoms with Gasteiger partial charge in [0.1, 0.15) is 0 Å². The first kappa shape index (κ1) is 22.2. The molecule has 0 saturated carbocycles. The minimum Gasteiger partial charge on any atom is -0.347 e. The van der Waals surface area contributed by atoms with Crippen molar-refractivity contribution in [3.05, 3.63) is 75.2 Å². The Bertz CT molecular complexity index is 913. The Kier molecular flexibility index (Phi) is 7.85. The lowest BCUT2D eigenvalue weighted by Crippen LogP contribution is -2.06. The predicted octanol–water partition coefficient (Wildman–Crippen LogP) is 7.24. The van der Waals surface area contributed by atoms with E-state index in [-0.39, 0.29) is 0 Å². The average Bonchev–Trinajstić information content (AvgIpc) is 2.94. The summed E-state index contributed by atoms with van der Waals surface area (Å²) in [6, 6.07) is 6.57. The van der Waals surface area contributed by atoms with Crippen LogP contribution in [0.15, 0.2) is 42.5 Å². The maximum absolute atomic E-state index is 4.34. The van der Waals surface area contributed by atoms with E-state index >= 15 is 0 Å². The van der Waals surface area contributed by atoms with Crippen molar-refractivity contribution in [1.29, 1.82) is 0 Å². The molecule has 1 aromatic carbocycles. The van der Waals surface area contributed by atoms with Crippen LogP contribution in [0.5, 0.6) is 0 Å². The summed E-state index contributed by atoms with van der Waals surface area (Å²) in [6.07, 6.45) is 5.40. The molecule has 0 saturated heterocycles. The zero-order valence-electron chi connectivity index (χ0n) is 18.4. The summed E-state index contributed by atoms with van der Waals surface area (Å²) < 4.78 is 0. The molecule has 2 nitrogen and oxygen atoms in total. The van der Waals surface area contributed by atoms with Crippen LogP contribution < -0.4 is 10.6 Å². The van der Waals surface area contributed by atoms with E-state index in [1.54, 1.807) is 0 Å². The van der Waals surface area contributed by atoms with Gasteiger partial charge in [0, 0.05) is 22.7 Å². The Morgan fingerprint density at radius 3 is 2.54 bits per heavy atom. The highest BCUT2D eigenvalue weighted by atomic mass is 32.1. The molecule has 0 atom stereocenters. The van der Waals surface area contributed by atoms with Gasteiger partial charge in [0.05, 0.1) is 5.00 Å². The van der Waals surface area contributed by atoms with E-state index < -0.39 is 0 Å². The largest absolute Gasteiger partial charge is 0.347 e. The molecule has 150 valence electrons. The van der Waals surface area contributed by atoms with Crippen LogP contribution in [0.2, 0.25) is 0 Å². The fourth-order valence-electron chi connectivity index (χ4n) is 3.71. The lowest BCUT2D eigenvalue weighted by molar-refractivity contribution is 0.817. The van der Waals surface area contributed by atoms with E-state index in [1.165, 1.54) is 48.8 Å². The fraction of sp³-hybridized carbons (Fsp3) is 0.360. The number of anilines is 1. The minimum absolute atomic E-state index is 0.858. The van der Waals surface area contributed by atoms with Gasteiger partial charge < -0.3 is 10.6 Å². The molecule has 2 N–H and O–H groups in total. The Morgan fingerprint density at radius 2 is 1.93 bits per heavy atom. The summed E-state index contributed by atoms with van der Waals surface area (Å²) in [5.41, 5.74) is 10.1. The van der Waals surface area contributed by atoms with E-state index in [2.05, 4.69) is 89.1 Å². The number of rotatable bonds is 8. The van der Waals surface area contributed by atoms with Gasteiger partial charge in [0.15, 0.2) is 0 Å². The van der Waals surface area contributed by atoms with Gasteiger partial charge in [0.2, 0.25) is 0 Å². The number of hydrogen-bond acceptors (Lipinski definition) is 3. The van der Waals surface area contributed by atoms with Crippen molar-refractivity contribution in [2.75, 3.05) is 12.4 Å². The normalized spacial score (nSPS) is 12.4. The van der Waals surface area contributed by atoms with Gasteiger partial charge in [-0.15, -0.1) is 11.3 Å². The van der Waals surface area contributed by atoms with Crippen LogP contribution in [0.1, 0.15) is 59.9 Å². The molecule has 2 rings (SSSR count). The highest BCUT2D eigenvalue weighted by Gasteiger charge is 2.16. The van der Waals surface area contributed by atoms with E-state index in [0.717, 1.165) is 18.7 Å². The average molecular weight is 395 g/mol. The van der Waals surface area contributed by atoms with Crippen LogP contribution in [0.3, 0.4) is 0 Å². The summed E-state index contributed by atoms with van der Waals surface area (Å²) in [5.74, 6) is 0. The van der Waals surface area contributed by atoms with Crippen LogP contribution in [-0.4, -0.2) is 7.05 Å². The highest BCUT2D eigenvalue weighted by molar-refractivity contribution is 7.16. The monoisotopic (exact) mass is 394 g/mol. The molecule has 0 bridgehead atoms. The lowest BCUT2D eigenvalue weighted by Gasteiger charge is -2.14. The van der Waals surface area contributed by atoms with Gasteiger partial charge in [-0.25, -0.2) is 0 Å². The number of thiophene rings is 1. The molecule has 28 heavy (non-hydrogen) atoms. The van der Waals surface area contributed by atoms with Crippen LogP contribution in [-0.2, 0) is 6.54 Å². The van der Waals surface area contributed by atoms with Gasteiger partial charge in [-0.1, -0.05) is 37.8 Å². The van der Waals surface area contributed by atoms with Crippen molar-refractivity contribution in [3.8, 4) is 0 Å². The van der Waals surface area contributed by atoms with E-state index in [0.29, 0.717) is 0 Å². The molecule has 0 fully saturated rings. The van der Waals surface area contributed by atoms with Crippen molar-refractivity contribution < 1.29 is 0 Å². The van der Waals surface area contributed by atoms with Crippen LogP contribution in [0.25, 0.3) is 11.3 Å². The van der Waals surface area contributed by atoms with E-state index in [4.69, 9.17) is 0 Å². The molecule has 1 heterocycles. The maximum Gasteiger partial charge on any atom is 0.0965 e. The third-order valence-corrected chi connectivity index (χ3v) is 6.32. The summed E-state index contributed by atoms with van der Waals surface area (Å²) in [7, 11) is 1.97. The molecule has 0 aliphatic rings. The first-order chi connectivity index (χ1) is 13.3. The Hall–Kier alpha value is -2.10. The molecule has 0 radical (unpaired) electrons. The highest BCUT2D eigenvalue weighted by Crippen LogP contribution is 2.39. The summed E-state index contributed by atoms with van der Waals surface area (Å²) >= 11 is 1.82. The van der Waals surface area contributed by atoms with E-state index in [9.17, 15) is 0 Å². The molecular weight excluding hydrogens is 360 g/mol. The molecule has 1 aromatic heterocycles. The second-order valence-corrected chi connectivity index (χ2v) is 8.50. The predicted molar refractivity (Wildman–Crippen MR) is 128 cm³/mol. The smallest absolute Gasteiger partial charge is 0.0965 e. The number of allylic oxidation sites excluding steroid dienone is 4. The van der Waals surface area contributed by atoms with Crippen molar-refractivity contribution in [1.82, 2.24) is 5.32 Å². The second-order valence-electron chi connectivity index (χ2n) is 7.27. The lowest BCUT2D eigenvalue weighted by atomic mass is 9.96. The first-order valence-electron chi connectivity index (χ1n) is 9.97. The summed E-state index contributed by atoms with van der Waals surface area (Å²) in [6.45, 7) is 18.3. The number of nitrogens with one attached hydrogen (secondary N) is 2. The van der Waals surface area contributed by atoms with Gasteiger partial charge >= 0.3 is 0 Å². The molecule has 0 unspecified atom stereocenters. The van der Waals surface area contributed by atoms with Crippen LogP contribution >= 0.6 is 11.3 Å². The van der Waals surface area contributed by atoms with Crippen molar-refractivity contribution in [2.24, 2.45) is 0 Å².